The number of aromatic nitrogens is 2. The Morgan fingerprint density at radius 1 is 1.24 bits per heavy atom. The first-order valence-corrected chi connectivity index (χ1v) is 5.71. The standard InChI is InChI=1S/C14H18N2O/c1-14(2,3)11-9-10(5-6-12(11)17)13-15-7-8-16(13)4/h5-9,17H,1-4H3. The molecule has 0 bridgehead atoms. The summed E-state index contributed by atoms with van der Waals surface area (Å²) in [6.45, 7) is 6.26. The van der Waals surface area contributed by atoms with Crippen LogP contribution in [0.2, 0.25) is 0 Å². The molecule has 1 N–H and O–H groups in total. The predicted octanol–water partition coefficient (Wildman–Crippen LogP) is 3.09. The minimum atomic E-state index is -0.0781. The minimum Gasteiger partial charge on any atom is -0.508 e. The van der Waals surface area contributed by atoms with E-state index in [0.29, 0.717) is 5.75 Å². The number of aromatic hydroxyl groups is 1. The van der Waals surface area contributed by atoms with Gasteiger partial charge in [-0.2, -0.15) is 0 Å². The molecular weight excluding hydrogens is 212 g/mol. The van der Waals surface area contributed by atoms with Crippen LogP contribution in [0.15, 0.2) is 30.6 Å². The smallest absolute Gasteiger partial charge is 0.139 e. The fraction of sp³-hybridized carbons (Fsp3) is 0.357. The van der Waals surface area contributed by atoms with E-state index in [4.69, 9.17) is 0 Å². The molecule has 0 fully saturated rings. The van der Waals surface area contributed by atoms with Gasteiger partial charge in [0.05, 0.1) is 0 Å². The third kappa shape index (κ3) is 2.18. The SMILES string of the molecule is Cn1ccnc1-c1ccc(O)c(C(C)(C)C)c1. The first-order chi connectivity index (χ1) is 7.89. The lowest BCUT2D eigenvalue weighted by Gasteiger charge is -2.21. The second-order valence-electron chi connectivity index (χ2n) is 5.34. The van der Waals surface area contributed by atoms with Gasteiger partial charge in [-0.15, -0.1) is 0 Å². The molecule has 0 saturated heterocycles. The van der Waals surface area contributed by atoms with Crippen LogP contribution in [0.4, 0.5) is 0 Å². The molecule has 0 amide bonds. The zero-order valence-electron chi connectivity index (χ0n) is 10.7. The van der Waals surface area contributed by atoms with E-state index in [9.17, 15) is 5.11 Å². The van der Waals surface area contributed by atoms with Crippen LogP contribution < -0.4 is 0 Å². The molecule has 0 unspecified atom stereocenters. The van der Waals surface area contributed by atoms with Gasteiger partial charge in [0.15, 0.2) is 0 Å². The maximum absolute atomic E-state index is 9.91. The Hall–Kier alpha value is -1.77. The van der Waals surface area contributed by atoms with Crippen LogP contribution in [0.25, 0.3) is 11.4 Å². The van der Waals surface area contributed by atoms with E-state index >= 15 is 0 Å². The maximum Gasteiger partial charge on any atom is 0.139 e. The van der Waals surface area contributed by atoms with E-state index in [-0.39, 0.29) is 5.41 Å². The molecular formula is C14H18N2O. The number of rotatable bonds is 1. The second-order valence-corrected chi connectivity index (χ2v) is 5.34. The van der Waals surface area contributed by atoms with Crippen LogP contribution in [-0.4, -0.2) is 14.7 Å². The highest BCUT2D eigenvalue weighted by Crippen LogP contribution is 2.33. The molecule has 0 atom stereocenters. The highest BCUT2D eigenvalue weighted by molar-refractivity contribution is 5.60. The average Bonchev–Trinajstić information content (AvgIpc) is 2.63. The van der Waals surface area contributed by atoms with E-state index < -0.39 is 0 Å². The Kier molecular flexibility index (Phi) is 2.69. The van der Waals surface area contributed by atoms with E-state index in [1.54, 1.807) is 12.3 Å². The van der Waals surface area contributed by atoms with E-state index in [0.717, 1.165) is 17.0 Å². The van der Waals surface area contributed by atoms with Crippen molar-refractivity contribution in [3.05, 3.63) is 36.2 Å². The molecule has 1 aromatic heterocycles. The van der Waals surface area contributed by atoms with E-state index in [1.165, 1.54) is 0 Å². The summed E-state index contributed by atoms with van der Waals surface area (Å²) in [5.41, 5.74) is 1.89. The summed E-state index contributed by atoms with van der Waals surface area (Å²) in [5.74, 6) is 1.26. The monoisotopic (exact) mass is 230 g/mol. The average molecular weight is 230 g/mol. The number of aryl methyl sites for hydroxylation is 1. The fourth-order valence-electron chi connectivity index (χ4n) is 1.92. The third-order valence-corrected chi connectivity index (χ3v) is 2.88. The van der Waals surface area contributed by atoms with Crippen molar-refractivity contribution in [2.75, 3.05) is 0 Å². The Balaban J connectivity index is 2.56. The normalized spacial score (nSPS) is 11.8. The molecule has 0 radical (unpaired) electrons. The summed E-state index contributed by atoms with van der Waals surface area (Å²) in [4.78, 5) is 4.32. The molecule has 0 aliphatic rings. The van der Waals surface area contributed by atoms with Crippen molar-refractivity contribution < 1.29 is 5.11 Å². The maximum atomic E-state index is 9.91. The van der Waals surface area contributed by atoms with Crippen LogP contribution in [0.1, 0.15) is 26.3 Å². The van der Waals surface area contributed by atoms with Gasteiger partial charge in [0.25, 0.3) is 0 Å². The van der Waals surface area contributed by atoms with Crippen molar-refractivity contribution in [3.8, 4) is 17.1 Å². The topological polar surface area (TPSA) is 38.0 Å². The third-order valence-electron chi connectivity index (χ3n) is 2.88. The number of nitrogens with zero attached hydrogens (tertiary/aromatic N) is 2. The molecule has 1 aromatic carbocycles. The summed E-state index contributed by atoms with van der Waals surface area (Å²) in [5, 5.41) is 9.91. The molecule has 0 saturated carbocycles. The quantitative estimate of drug-likeness (QED) is 0.817. The Morgan fingerprint density at radius 3 is 2.47 bits per heavy atom. The molecule has 2 rings (SSSR count). The van der Waals surface area contributed by atoms with Gasteiger partial charge < -0.3 is 9.67 Å². The van der Waals surface area contributed by atoms with Crippen LogP contribution >= 0.6 is 0 Å². The van der Waals surface area contributed by atoms with Crippen molar-refractivity contribution >= 4 is 0 Å². The number of imidazole rings is 1. The summed E-state index contributed by atoms with van der Waals surface area (Å²) < 4.78 is 1.97. The molecule has 0 aliphatic heterocycles. The van der Waals surface area contributed by atoms with Gasteiger partial charge in [-0.25, -0.2) is 4.98 Å². The van der Waals surface area contributed by atoms with Gasteiger partial charge in [-0.3, -0.25) is 0 Å². The molecule has 3 heteroatoms. The first-order valence-electron chi connectivity index (χ1n) is 5.71. The van der Waals surface area contributed by atoms with Gasteiger partial charge in [0.2, 0.25) is 0 Å². The first kappa shape index (κ1) is 11.7. The Morgan fingerprint density at radius 2 is 1.94 bits per heavy atom. The molecule has 2 aromatic rings. The Labute approximate surface area is 102 Å². The summed E-state index contributed by atoms with van der Waals surface area (Å²) in [6.07, 6.45) is 3.69. The number of phenols is 1. The van der Waals surface area contributed by atoms with Gasteiger partial charge in [-0.1, -0.05) is 20.8 Å². The molecule has 0 spiro atoms. The molecule has 0 aliphatic carbocycles. The molecule has 17 heavy (non-hydrogen) atoms. The zero-order valence-corrected chi connectivity index (χ0v) is 10.7. The minimum absolute atomic E-state index is 0.0781. The van der Waals surface area contributed by atoms with Crippen molar-refractivity contribution in [2.24, 2.45) is 7.05 Å². The number of phenolic OH excluding ortho intramolecular Hbond substituents is 1. The van der Waals surface area contributed by atoms with Crippen molar-refractivity contribution in [3.63, 3.8) is 0 Å². The van der Waals surface area contributed by atoms with Crippen molar-refractivity contribution in [1.82, 2.24) is 9.55 Å². The summed E-state index contributed by atoms with van der Waals surface area (Å²) in [6, 6.07) is 5.65. The van der Waals surface area contributed by atoms with Crippen LogP contribution in [0.3, 0.4) is 0 Å². The predicted molar refractivity (Wildman–Crippen MR) is 69.0 cm³/mol. The van der Waals surface area contributed by atoms with Crippen molar-refractivity contribution in [1.29, 1.82) is 0 Å². The highest BCUT2D eigenvalue weighted by atomic mass is 16.3. The Bertz CT molecular complexity index is 535. The van der Waals surface area contributed by atoms with E-state index in [2.05, 4.69) is 25.8 Å². The lowest BCUT2D eigenvalue weighted by atomic mass is 9.85. The van der Waals surface area contributed by atoms with Gasteiger partial charge in [0, 0.05) is 25.0 Å². The van der Waals surface area contributed by atoms with Gasteiger partial charge in [0.1, 0.15) is 11.6 Å². The number of benzene rings is 1. The summed E-state index contributed by atoms with van der Waals surface area (Å²) in [7, 11) is 1.96. The van der Waals surface area contributed by atoms with Gasteiger partial charge >= 0.3 is 0 Å². The highest BCUT2D eigenvalue weighted by Gasteiger charge is 2.19. The van der Waals surface area contributed by atoms with Crippen LogP contribution in [-0.2, 0) is 12.5 Å². The van der Waals surface area contributed by atoms with Crippen LogP contribution in [0.5, 0.6) is 5.75 Å². The summed E-state index contributed by atoms with van der Waals surface area (Å²) >= 11 is 0. The molecule has 90 valence electrons. The molecule has 3 nitrogen and oxygen atoms in total. The largest absolute Gasteiger partial charge is 0.508 e. The zero-order chi connectivity index (χ0) is 12.6. The van der Waals surface area contributed by atoms with Crippen LogP contribution in [0, 0.1) is 0 Å². The number of hydrogen-bond donors (Lipinski definition) is 1. The molecule has 1 heterocycles. The van der Waals surface area contributed by atoms with E-state index in [1.807, 2.05) is 29.9 Å². The lowest BCUT2D eigenvalue weighted by Crippen LogP contribution is -2.11. The number of hydrogen-bond acceptors (Lipinski definition) is 2. The fourth-order valence-corrected chi connectivity index (χ4v) is 1.92. The van der Waals surface area contributed by atoms with Gasteiger partial charge in [-0.05, 0) is 29.2 Å². The lowest BCUT2D eigenvalue weighted by molar-refractivity contribution is 0.447. The van der Waals surface area contributed by atoms with Crippen molar-refractivity contribution in [2.45, 2.75) is 26.2 Å². The second kappa shape index (κ2) is 3.91.